The van der Waals surface area contributed by atoms with Crippen LogP contribution in [0, 0.1) is 10.1 Å². The van der Waals surface area contributed by atoms with Crippen LogP contribution in [0.15, 0.2) is 41.0 Å². The van der Waals surface area contributed by atoms with Gasteiger partial charge >= 0.3 is 10.1 Å². The van der Waals surface area contributed by atoms with Gasteiger partial charge in [-0.05, 0) is 12.1 Å². The average molecular weight is 283 g/mol. The van der Waals surface area contributed by atoms with Crippen LogP contribution in [-0.2, 0) is 19.1 Å². The molecule has 1 aliphatic rings. The number of rotatable bonds is 4. The van der Waals surface area contributed by atoms with Crippen molar-refractivity contribution in [3.05, 3.63) is 46.2 Å². The van der Waals surface area contributed by atoms with Crippen molar-refractivity contribution in [2.75, 3.05) is 0 Å². The van der Waals surface area contributed by atoms with Gasteiger partial charge < -0.3 is 4.18 Å². The Morgan fingerprint density at radius 3 is 2.26 bits per heavy atom. The minimum Gasteiger partial charge on any atom is -0.383 e. The van der Waals surface area contributed by atoms with Crippen molar-refractivity contribution < 1.29 is 22.3 Å². The van der Waals surface area contributed by atoms with E-state index in [1.807, 2.05) is 0 Å². The number of non-ortho nitro benzene ring substituents is 1. The number of nitro groups is 1. The van der Waals surface area contributed by atoms with Gasteiger partial charge in [0, 0.05) is 31.1 Å². The Kier molecular flexibility index (Phi) is 3.34. The third-order valence-electron chi connectivity index (χ3n) is 2.49. The van der Waals surface area contributed by atoms with Crippen molar-refractivity contribution in [3.63, 3.8) is 0 Å². The number of hydrogen-bond donors (Lipinski definition) is 0. The molecule has 0 saturated heterocycles. The fourth-order valence-electron chi connectivity index (χ4n) is 1.56. The number of nitrogens with zero attached hydrogens (tertiary/aromatic N) is 1. The maximum Gasteiger partial charge on any atom is 0.338 e. The third-order valence-corrected chi connectivity index (χ3v) is 3.78. The summed E-state index contributed by atoms with van der Waals surface area (Å²) in [5.74, 6) is -0.0998. The first-order valence-corrected chi connectivity index (χ1v) is 6.72. The number of allylic oxidation sites excluding steroid dienone is 2. The second kappa shape index (κ2) is 4.81. The third kappa shape index (κ3) is 2.97. The second-order valence-corrected chi connectivity index (χ2v) is 5.41. The van der Waals surface area contributed by atoms with Gasteiger partial charge in [0.05, 0.1) is 4.92 Å². The van der Waals surface area contributed by atoms with Crippen LogP contribution in [0.5, 0.6) is 0 Å². The largest absolute Gasteiger partial charge is 0.383 e. The molecule has 19 heavy (non-hydrogen) atoms. The Balaban J connectivity index is 2.22. The minimum absolute atomic E-state index is 0.0864. The van der Waals surface area contributed by atoms with Crippen LogP contribution in [0.25, 0.3) is 0 Å². The molecule has 0 spiro atoms. The highest BCUT2D eigenvalue weighted by molar-refractivity contribution is 7.86. The van der Waals surface area contributed by atoms with Crippen molar-refractivity contribution in [2.24, 2.45) is 0 Å². The second-order valence-electron chi connectivity index (χ2n) is 3.87. The van der Waals surface area contributed by atoms with Gasteiger partial charge in [0.2, 0.25) is 0 Å². The highest BCUT2D eigenvalue weighted by Gasteiger charge is 2.22. The van der Waals surface area contributed by atoms with E-state index in [1.165, 1.54) is 0 Å². The van der Waals surface area contributed by atoms with E-state index >= 15 is 0 Å². The Morgan fingerprint density at radius 2 is 1.79 bits per heavy atom. The Labute approximate surface area is 108 Å². The number of nitro benzene ring substituents is 1. The Hall–Kier alpha value is -2.22. The van der Waals surface area contributed by atoms with Crippen LogP contribution < -0.4 is 0 Å². The van der Waals surface area contributed by atoms with Crippen LogP contribution >= 0.6 is 0 Å². The standard InChI is InChI=1S/C11H9NO6S/c13-9-3-4-10(7-9)18-19(16,17)11-5-1-8(2-6-11)12(14)15/h1-2,5-7H,3-4H2. The van der Waals surface area contributed by atoms with Crippen molar-refractivity contribution in [2.45, 2.75) is 17.7 Å². The van der Waals surface area contributed by atoms with Gasteiger partial charge in [0.25, 0.3) is 5.69 Å². The lowest BCUT2D eigenvalue weighted by molar-refractivity contribution is -0.384. The molecule has 0 amide bonds. The normalized spacial score (nSPS) is 15.2. The maximum atomic E-state index is 11.8. The van der Waals surface area contributed by atoms with E-state index < -0.39 is 15.0 Å². The molecule has 100 valence electrons. The molecule has 1 aliphatic carbocycles. The molecular formula is C11H9NO6S. The number of ketones is 1. The zero-order valence-electron chi connectivity index (χ0n) is 9.61. The van der Waals surface area contributed by atoms with E-state index in [0.717, 1.165) is 30.3 Å². The summed E-state index contributed by atoms with van der Waals surface area (Å²) in [6.45, 7) is 0. The zero-order chi connectivity index (χ0) is 14.0. The van der Waals surface area contributed by atoms with Crippen LogP contribution in [0.3, 0.4) is 0 Å². The van der Waals surface area contributed by atoms with E-state index in [4.69, 9.17) is 4.18 Å². The predicted octanol–water partition coefficient (Wildman–Crippen LogP) is 1.55. The molecule has 2 rings (SSSR count). The summed E-state index contributed by atoms with van der Waals surface area (Å²) in [5, 5.41) is 10.5. The average Bonchev–Trinajstić information content (AvgIpc) is 2.74. The molecule has 0 atom stereocenters. The van der Waals surface area contributed by atoms with Gasteiger partial charge in [-0.15, -0.1) is 0 Å². The molecule has 0 aromatic heterocycles. The topological polar surface area (TPSA) is 104 Å². The molecule has 0 unspecified atom stereocenters. The zero-order valence-corrected chi connectivity index (χ0v) is 10.4. The fraction of sp³-hybridized carbons (Fsp3) is 0.182. The lowest BCUT2D eigenvalue weighted by Crippen LogP contribution is -2.05. The number of benzene rings is 1. The molecule has 8 heteroatoms. The van der Waals surface area contributed by atoms with Crippen LogP contribution in [0.4, 0.5) is 5.69 Å². The van der Waals surface area contributed by atoms with E-state index in [9.17, 15) is 23.3 Å². The number of carbonyl (C=O) groups is 1. The van der Waals surface area contributed by atoms with Crippen molar-refractivity contribution >= 4 is 21.6 Å². The summed E-state index contributed by atoms with van der Waals surface area (Å²) in [6.07, 6.45) is 1.61. The van der Waals surface area contributed by atoms with E-state index in [-0.39, 0.29) is 35.0 Å². The van der Waals surface area contributed by atoms with E-state index in [1.54, 1.807) is 0 Å². The Morgan fingerprint density at radius 1 is 1.16 bits per heavy atom. The van der Waals surface area contributed by atoms with Gasteiger partial charge in [-0.2, -0.15) is 8.42 Å². The van der Waals surface area contributed by atoms with Gasteiger partial charge in [0.15, 0.2) is 5.78 Å². The molecule has 0 bridgehead atoms. The molecular weight excluding hydrogens is 274 g/mol. The summed E-state index contributed by atoms with van der Waals surface area (Å²) in [7, 11) is -4.05. The molecule has 0 fully saturated rings. The van der Waals surface area contributed by atoms with Gasteiger partial charge in [-0.3, -0.25) is 14.9 Å². The molecule has 0 saturated carbocycles. The predicted molar refractivity (Wildman–Crippen MR) is 63.7 cm³/mol. The summed E-state index contributed by atoms with van der Waals surface area (Å²) < 4.78 is 28.5. The molecule has 1 aromatic rings. The first-order valence-electron chi connectivity index (χ1n) is 5.31. The van der Waals surface area contributed by atoms with Crippen molar-refractivity contribution in [3.8, 4) is 0 Å². The molecule has 0 aliphatic heterocycles. The van der Waals surface area contributed by atoms with E-state index in [2.05, 4.69) is 0 Å². The monoisotopic (exact) mass is 283 g/mol. The van der Waals surface area contributed by atoms with Crippen molar-refractivity contribution in [1.82, 2.24) is 0 Å². The van der Waals surface area contributed by atoms with E-state index in [0.29, 0.717) is 0 Å². The lowest BCUT2D eigenvalue weighted by Gasteiger charge is -2.06. The fourth-order valence-corrected chi connectivity index (χ4v) is 2.54. The highest BCUT2D eigenvalue weighted by Crippen LogP contribution is 2.23. The summed E-state index contributed by atoms with van der Waals surface area (Å²) in [6, 6.07) is 4.32. The summed E-state index contributed by atoms with van der Waals surface area (Å²) >= 11 is 0. The molecule has 0 heterocycles. The smallest absolute Gasteiger partial charge is 0.338 e. The quantitative estimate of drug-likeness (QED) is 0.471. The molecule has 1 aromatic carbocycles. The molecule has 7 nitrogen and oxygen atoms in total. The van der Waals surface area contributed by atoms with Gasteiger partial charge in [-0.25, -0.2) is 0 Å². The molecule has 0 N–H and O–H groups in total. The SMILES string of the molecule is O=C1C=C(OS(=O)(=O)c2ccc([N+](=O)[O-])cc2)CC1. The lowest BCUT2D eigenvalue weighted by atomic mass is 10.3. The maximum absolute atomic E-state index is 11.8. The minimum atomic E-state index is -4.05. The first-order chi connectivity index (χ1) is 8.88. The number of hydrogen-bond acceptors (Lipinski definition) is 6. The van der Waals surface area contributed by atoms with Crippen LogP contribution in [-0.4, -0.2) is 19.1 Å². The summed E-state index contributed by atoms with van der Waals surface area (Å²) in [5.41, 5.74) is -0.214. The summed E-state index contributed by atoms with van der Waals surface area (Å²) in [4.78, 5) is 20.6. The Bertz CT molecular complexity index is 659. The van der Waals surface area contributed by atoms with Crippen LogP contribution in [0.1, 0.15) is 12.8 Å². The first kappa shape index (κ1) is 13.2. The van der Waals surface area contributed by atoms with Crippen molar-refractivity contribution in [1.29, 1.82) is 0 Å². The highest BCUT2D eigenvalue weighted by atomic mass is 32.2. The van der Waals surface area contributed by atoms with Gasteiger partial charge in [0.1, 0.15) is 10.7 Å². The van der Waals surface area contributed by atoms with Crippen LogP contribution in [0.2, 0.25) is 0 Å². The number of carbonyl (C=O) groups excluding carboxylic acids is 1. The van der Waals surface area contributed by atoms with Gasteiger partial charge in [-0.1, -0.05) is 0 Å². The molecule has 0 radical (unpaired) electrons.